The number of carbonyl (C=O) groups excluding carboxylic acids is 1. The lowest BCUT2D eigenvalue weighted by atomic mass is 10.00. The highest BCUT2D eigenvalue weighted by molar-refractivity contribution is 5.93. The van der Waals surface area contributed by atoms with Gasteiger partial charge >= 0.3 is 5.97 Å². The maximum absolute atomic E-state index is 9.87. The summed E-state index contributed by atoms with van der Waals surface area (Å²) in [5, 5.41) is 16.3. The lowest BCUT2D eigenvalue weighted by Gasteiger charge is -2.11. The van der Waals surface area contributed by atoms with Gasteiger partial charge in [-0.15, -0.1) is 0 Å². The molecule has 0 aromatic carbocycles. The Bertz CT molecular complexity index is 195. The molecule has 0 aliphatic rings. The molecule has 0 aliphatic heterocycles. The van der Waals surface area contributed by atoms with Gasteiger partial charge in [0, 0.05) is 6.54 Å². The lowest BCUT2D eigenvalue weighted by Crippen LogP contribution is -2.18. The van der Waals surface area contributed by atoms with Gasteiger partial charge in [-0.3, -0.25) is 9.59 Å². The number of unbranched alkanes of at least 4 members (excludes halogenated alkanes) is 1. The van der Waals surface area contributed by atoms with Gasteiger partial charge in [0.05, 0.1) is 0 Å². The number of aliphatic carboxylic acids is 1. The number of carboxylic acid groups (broad SMARTS) is 1. The molecule has 102 valence electrons. The van der Waals surface area contributed by atoms with Crippen molar-refractivity contribution in [3.8, 4) is 0 Å². The van der Waals surface area contributed by atoms with Crippen molar-refractivity contribution < 1.29 is 19.9 Å². The van der Waals surface area contributed by atoms with Gasteiger partial charge in [0.15, 0.2) is 0 Å². The van der Waals surface area contributed by atoms with Gasteiger partial charge in [-0.25, -0.2) is 5.48 Å². The van der Waals surface area contributed by atoms with E-state index < -0.39 is 5.97 Å². The Labute approximate surface area is 103 Å². The van der Waals surface area contributed by atoms with Crippen molar-refractivity contribution in [2.24, 2.45) is 5.92 Å². The zero-order chi connectivity index (χ0) is 13.7. The fourth-order valence-electron chi connectivity index (χ4n) is 1.29. The van der Waals surface area contributed by atoms with Crippen LogP contribution in [0, 0.1) is 5.92 Å². The maximum atomic E-state index is 9.87. The Hall–Kier alpha value is -0.940. The third kappa shape index (κ3) is 17.7. The van der Waals surface area contributed by atoms with Crippen LogP contribution in [0.3, 0.4) is 0 Å². The van der Waals surface area contributed by atoms with E-state index in [1.54, 1.807) is 0 Å². The quantitative estimate of drug-likeness (QED) is 0.452. The summed E-state index contributed by atoms with van der Waals surface area (Å²) in [6.45, 7) is 6.35. The summed E-state index contributed by atoms with van der Waals surface area (Å²) in [5.41, 5.74) is 2.23. The Morgan fingerprint density at radius 2 is 1.88 bits per heavy atom. The summed E-state index contributed by atoms with van der Waals surface area (Å²) < 4.78 is 0. The molecule has 0 aliphatic carbocycles. The van der Waals surface area contributed by atoms with E-state index in [1.807, 2.05) is 0 Å². The molecule has 0 rings (SSSR count). The standard InChI is InChI=1S/C8H19NO.C4H6O3/c1-3-5-6-8(4-2)7-9-10;1-3(5)2-4(6)7/h8-10H,3-7H2,1-2H3;2H2,1H3,(H,6,7). The molecule has 0 spiro atoms. The number of carboxylic acids is 1. The van der Waals surface area contributed by atoms with Crippen LogP contribution >= 0.6 is 0 Å². The predicted molar refractivity (Wildman–Crippen MR) is 66.0 cm³/mol. The van der Waals surface area contributed by atoms with Crippen molar-refractivity contribution in [1.82, 2.24) is 5.48 Å². The first-order valence-electron chi connectivity index (χ1n) is 6.06. The smallest absolute Gasteiger partial charge is 0.310 e. The van der Waals surface area contributed by atoms with E-state index in [-0.39, 0.29) is 12.2 Å². The average Bonchev–Trinajstić information content (AvgIpc) is 2.23. The number of Topliss-reactive ketones (excluding diaryl/α,β-unsaturated/α-hetero) is 1. The maximum Gasteiger partial charge on any atom is 0.310 e. The molecule has 0 aromatic heterocycles. The zero-order valence-corrected chi connectivity index (χ0v) is 11.0. The second-order valence-corrected chi connectivity index (χ2v) is 4.05. The van der Waals surface area contributed by atoms with E-state index in [9.17, 15) is 9.59 Å². The fraction of sp³-hybridized carbons (Fsp3) is 0.833. The van der Waals surface area contributed by atoms with Crippen molar-refractivity contribution in [1.29, 1.82) is 0 Å². The van der Waals surface area contributed by atoms with E-state index in [1.165, 1.54) is 26.2 Å². The summed E-state index contributed by atoms with van der Waals surface area (Å²) in [7, 11) is 0. The summed E-state index contributed by atoms with van der Waals surface area (Å²) in [6.07, 6.45) is 4.57. The molecule has 17 heavy (non-hydrogen) atoms. The molecule has 3 N–H and O–H groups in total. The van der Waals surface area contributed by atoms with Gasteiger partial charge in [-0.2, -0.15) is 0 Å². The highest BCUT2D eigenvalue weighted by atomic mass is 16.5. The second kappa shape index (κ2) is 13.1. The lowest BCUT2D eigenvalue weighted by molar-refractivity contribution is -0.139. The van der Waals surface area contributed by atoms with Crippen LogP contribution in [-0.4, -0.2) is 28.6 Å². The van der Waals surface area contributed by atoms with Gasteiger partial charge in [-0.05, 0) is 19.3 Å². The number of nitrogens with one attached hydrogen (secondary N) is 1. The molecule has 0 saturated heterocycles. The van der Waals surface area contributed by atoms with E-state index in [0.29, 0.717) is 5.92 Å². The van der Waals surface area contributed by atoms with Gasteiger partial charge in [0.2, 0.25) is 0 Å². The minimum atomic E-state index is -1.06. The van der Waals surface area contributed by atoms with E-state index in [0.717, 1.165) is 13.0 Å². The topological polar surface area (TPSA) is 86.6 Å². The Morgan fingerprint density at radius 1 is 1.29 bits per heavy atom. The molecule has 0 saturated carbocycles. The van der Waals surface area contributed by atoms with Crippen LogP contribution in [0.5, 0.6) is 0 Å². The molecule has 0 fully saturated rings. The van der Waals surface area contributed by atoms with Crippen molar-refractivity contribution in [3.63, 3.8) is 0 Å². The number of hydrogen-bond acceptors (Lipinski definition) is 4. The molecular formula is C12H25NO4. The van der Waals surface area contributed by atoms with Crippen LogP contribution < -0.4 is 5.48 Å². The number of rotatable bonds is 8. The van der Waals surface area contributed by atoms with Crippen molar-refractivity contribution in [2.75, 3.05) is 6.54 Å². The van der Waals surface area contributed by atoms with Crippen LogP contribution in [0.1, 0.15) is 52.9 Å². The highest BCUT2D eigenvalue weighted by Gasteiger charge is 2.03. The molecule has 0 radical (unpaired) electrons. The summed E-state index contributed by atoms with van der Waals surface area (Å²) in [4.78, 5) is 19.5. The third-order valence-electron chi connectivity index (χ3n) is 2.32. The SMILES string of the molecule is CC(=O)CC(=O)O.CCCCC(CC)CNO. The molecule has 5 heteroatoms. The first-order valence-corrected chi connectivity index (χ1v) is 6.06. The van der Waals surface area contributed by atoms with Crippen LogP contribution in [0.15, 0.2) is 0 Å². The van der Waals surface area contributed by atoms with E-state index in [4.69, 9.17) is 10.3 Å². The average molecular weight is 247 g/mol. The Morgan fingerprint density at radius 3 is 2.12 bits per heavy atom. The number of hydrogen-bond donors (Lipinski definition) is 3. The molecule has 5 nitrogen and oxygen atoms in total. The fourth-order valence-corrected chi connectivity index (χ4v) is 1.29. The molecule has 1 atom stereocenters. The van der Waals surface area contributed by atoms with Crippen molar-refractivity contribution in [2.45, 2.75) is 52.9 Å². The summed E-state index contributed by atoms with van der Waals surface area (Å²) in [5.74, 6) is -0.718. The minimum absolute atomic E-state index is 0.312. The van der Waals surface area contributed by atoms with E-state index in [2.05, 4.69) is 19.3 Å². The normalized spacial score (nSPS) is 11.3. The number of hydroxylamine groups is 1. The molecular weight excluding hydrogens is 222 g/mol. The summed E-state index contributed by atoms with van der Waals surface area (Å²) in [6, 6.07) is 0. The van der Waals surface area contributed by atoms with Crippen LogP contribution in [0.25, 0.3) is 0 Å². The third-order valence-corrected chi connectivity index (χ3v) is 2.32. The van der Waals surface area contributed by atoms with Crippen LogP contribution in [-0.2, 0) is 9.59 Å². The predicted octanol–water partition coefficient (Wildman–Crippen LogP) is 2.23. The van der Waals surface area contributed by atoms with Crippen molar-refractivity contribution in [3.05, 3.63) is 0 Å². The van der Waals surface area contributed by atoms with Crippen LogP contribution in [0.2, 0.25) is 0 Å². The van der Waals surface area contributed by atoms with Gasteiger partial charge in [-0.1, -0.05) is 33.1 Å². The second-order valence-electron chi connectivity index (χ2n) is 4.05. The highest BCUT2D eigenvalue weighted by Crippen LogP contribution is 2.10. The minimum Gasteiger partial charge on any atom is -0.481 e. The van der Waals surface area contributed by atoms with E-state index >= 15 is 0 Å². The molecule has 0 bridgehead atoms. The first-order chi connectivity index (χ1) is 7.97. The molecule has 0 heterocycles. The summed E-state index contributed by atoms with van der Waals surface area (Å²) >= 11 is 0. The van der Waals surface area contributed by atoms with Gasteiger partial charge < -0.3 is 10.3 Å². The monoisotopic (exact) mass is 247 g/mol. The molecule has 0 aromatic rings. The number of ketones is 1. The van der Waals surface area contributed by atoms with Crippen LogP contribution in [0.4, 0.5) is 0 Å². The van der Waals surface area contributed by atoms with Gasteiger partial charge in [0.1, 0.15) is 12.2 Å². The Kier molecular flexibility index (Phi) is 14.2. The Balaban J connectivity index is 0. The molecule has 0 amide bonds. The first kappa shape index (κ1) is 18.4. The van der Waals surface area contributed by atoms with Crippen molar-refractivity contribution >= 4 is 11.8 Å². The number of carbonyl (C=O) groups is 2. The largest absolute Gasteiger partial charge is 0.481 e. The zero-order valence-electron chi connectivity index (χ0n) is 11.0. The molecule has 1 unspecified atom stereocenters. The van der Waals surface area contributed by atoms with Gasteiger partial charge in [0.25, 0.3) is 0 Å².